The first-order valence-electron chi connectivity index (χ1n) is 6.34. The fourth-order valence-corrected chi connectivity index (χ4v) is 1.88. The Bertz CT molecular complexity index is 383. The highest BCUT2D eigenvalue weighted by Gasteiger charge is 2.22. The van der Waals surface area contributed by atoms with Crippen LogP contribution < -0.4 is 10.1 Å². The maximum absolute atomic E-state index is 11.6. The van der Waals surface area contributed by atoms with Crippen molar-refractivity contribution in [2.75, 3.05) is 19.8 Å². The number of amides is 1. The number of carbonyl (C=O) groups is 1. The molecule has 1 N–H and O–H groups in total. The van der Waals surface area contributed by atoms with Crippen LogP contribution in [0.2, 0.25) is 0 Å². The van der Waals surface area contributed by atoms with Crippen LogP contribution in [0.15, 0.2) is 24.3 Å². The average molecular weight is 249 g/mol. The number of hydrogen-bond acceptors (Lipinski definition) is 3. The summed E-state index contributed by atoms with van der Waals surface area (Å²) in [7, 11) is 0. The van der Waals surface area contributed by atoms with Crippen LogP contribution in [-0.2, 0) is 9.53 Å². The van der Waals surface area contributed by atoms with Crippen molar-refractivity contribution >= 4 is 5.91 Å². The highest BCUT2D eigenvalue weighted by atomic mass is 16.5. The molecule has 1 aromatic rings. The van der Waals surface area contributed by atoms with E-state index in [1.165, 1.54) is 5.56 Å². The summed E-state index contributed by atoms with van der Waals surface area (Å²) < 4.78 is 10.8. The van der Waals surface area contributed by atoms with Gasteiger partial charge in [0.15, 0.2) is 0 Å². The number of aryl methyl sites for hydroxylation is 1. The number of carbonyl (C=O) groups excluding carboxylic acids is 1. The predicted molar refractivity (Wildman–Crippen MR) is 68.7 cm³/mol. The average Bonchev–Trinajstić information content (AvgIpc) is 2.90. The molecule has 0 saturated carbocycles. The predicted octanol–water partition coefficient (Wildman–Crippen LogP) is 1.67. The minimum atomic E-state index is -0.260. The lowest BCUT2D eigenvalue weighted by Crippen LogP contribution is -2.36. The SMILES string of the molecule is Cc1ccc(OCCNC(=O)C2CCCO2)cc1. The van der Waals surface area contributed by atoms with Gasteiger partial charge in [-0.3, -0.25) is 4.79 Å². The molecule has 1 fully saturated rings. The summed E-state index contributed by atoms with van der Waals surface area (Å²) in [4.78, 5) is 11.6. The molecular weight excluding hydrogens is 230 g/mol. The zero-order valence-electron chi connectivity index (χ0n) is 10.6. The van der Waals surface area contributed by atoms with E-state index in [0.29, 0.717) is 19.8 Å². The molecule has 1 saturated heterocycles. The Kier molecular flexibility index (Phi) is 4.59. The fraction of sp³-hybridized carbons (Fsp3) is 0.500. The molecule has 1 atom stereocenters. The highest BCUT2D eigenvalue weighted by Crippen LogP contribution is 2.12. The maximum atomic E-state index is 11.6. The molecule has 2 rings (SSSR count). The van der Waals surface area contributed by atoms with Gasteiger partial charge in [0.25, 0.3) is 0 Å². The van der Waals surface area contributed by atoms with E-state index in [9.17, 15) is 4.79 Å². The van der Waals surface area contributed by atoms with E-state index in [0.717, 1.165) is 18.6 Å². The highest BCUT2D eigenvalue weighted by molar-refractivity contribution is 5.80. The lowest BCUT2D eigenvalue weighted by atomic mass is 10.2. The monoisotopic (exact) mass is 249 g/mol. The van der Waals surface area contributed by atoms with E-state index in [1.54, 1.807) is 0 Å². The molecule has 0 aliphatic carbocycles. The summed E-state index contributed by atoms with van der Waals surface area (Å²) in [5, 5.41) is 2.82. The Morgan fingerprint density at radius 1 is 1.44 bits per heavy atom. The number of nitrogens with one attached hydrogen (secondary N) is 1. The van der Waals surface area contributed by atoms with Crippen LogP contribution in [0.1, 0.15) is 18.4 Å². The first-order valence-corrected chi connectivity index (χ1v) is 6.34. The molecule has 0 aromatic heterocycles. The third-order valence-corrected chi connectivity index (χ3v) is 2.91. The van der Waals surface area contributed by atoms with Gasteiger partial charge in [0.2, 0.25) is 5.91 Å². The van der Waals surface area contributed by atoms with E-state index in [2.05, 4.69) is 5.32 Å². The summed E-state index contributed by atoms with van der Waals surface area (Å²) in [5.74, 6) is 0.798. The van der Waals surface area contributed by atoms with E-state index in [1.807, 2.05) is 31.2 Å². The summed E-state index contributed by atoms with van der Waals surface area (Å²) in [6, 6.07) is 7.86. The Morgan fingerprint density at radius 3 is 2.89 bits per heavy atom. The van der Waals surface area contributed by atoms with E-state index in [4.69, 9.17) is 9.47 Å². The second kappa shape index (κ2) is 6.40. The molecule has 1 aliphatic heterocycles. The largest absolute Gasteiger partial charge is 0.492 e. The molecule has 0 spiro atoms. The molecule has 4 nitrogen and oxygen atoms in total. The molecule has 4 heteroatoms. The Labute approximate surface area is 107 Å². The van der Waals surface area contributed by atoms with Gasteiger partial charge in [-0.05, 0) is 31.9 Å². The van der Waals surface area contributed by atoms with Crippen molar-refractivity contribution in [2.24, 2.45) is 0 Å². The van der Waals surface area contributed by atoms with Crippen molar-refractivity contribution < 1.29 is 14.3 Å². The fourth-order valence-electron chi connectivity index (χ4n) is 1.88. The van der Waals surface area contributed by atoms with Crippen LogP contribution in [0, 0.1) is 6.92 Å². The standard InChI is InChI=1S/C14H19NO3/c1-11-4-6-12(7-5-11)17-10-8-15-14(16)13-3-2-9-18-13/h4-7,13H,2-3,8-10H2,1H3,(H,15,16). The van der Waals surface area contributed by atoms with Crippen LogP contribution in [0.4, 0.5) is 0 Å². The quantitative estimate of drug-likeness (QED) is 0.807. The van der Waals surface area contributed by atoms with E-state index >= 15 is 0 Å². The topological polar surface area (TPSA) is 47.6 Å². The molecule has 98 valence electrons. The van der Waals surface area contributed by atoms with Crippen LogP contribution in [-0.4, -0.2) is 31.8 Å². The van der Waals surface area contributed by atoms with Gasteiger partial charge >= 0.3 is 0 Å². The van der Waals surface area contributed by atoms with Crippen molar-refractivity contribution in [1.29, 1.82) is 0 Å². The number of hydrogen-bond donors (Lipinski definition) is 1. The molecule has 1 aliphatic rings. The van der Waals surface area contributed by atoms with Crippen LogP contribution >= 0.6 is 0 Å². The van der Waals surface area contributed by atoms with Gasteiger partial charge in [0.1, 0.15) is 18.5 Å². The molecule has 1 aromatic carbocycles. The molecular formula is C14H19NO3. The van der Waals surface area contributed by atoms with Crippen molar-refractivity contribution in [3.63, 3.8) is 0 Å². The third kappa shape index (κ3) is 3.74. The molecule has 1 unspecified atom stereocenters. The molecule has 0 radical (unpaired) electrons. The number of benzene rings is 1. The van der Waals surface area contributed by atoms with Gasteiger partial charge in [0, 0.05) is 6.61 Å². The summed E-state index contributed by atoms with van der Waals surface area (Å²) >= 11 is 0. The Morgan fingerprint density at radius 2 is 2.22 bits per heavy atom. The van der Waals surface area contributed by atoms with Gasteiger partial charge in [0.05, 0.1) is 6.54 Å². The van der Waals surface area contributed by atoms with Gasteiger partial charge in [-0.15, -0.1) is 0 Å². The normalized spacial score (nSPS) is 18.6. The lowest BCUT2D eigenvalue weighted by molar-refractivity contribution is -0.130. The molecule has 1 amide bonds. The van der Waals surface area contributed by atoms with Crippen molar-refractivity contribution in [3.8, 4) is 5.75 Å². The Hall–Kier alpha value is -1.55. The second-order valence-corrected chi connectivity index (χ2v) is 4.45. The van der Waals surface area contributed by atoms with Gasteiger partial charge in [-0.1, -0.05) is 17.7 Å². The van der Waals surface area contributed by atoms with Gasteiger partial charge in [-0.25, -0.2) is 0 Å². The zero-order chi connectivity index (χ0) is 12.8. The minimum absolute atomic E-state index is 0.0278. The van der Waals surface area contributed by atoms with E-state index in [-0.39, 0.29) is 12.0 Å². The summed E-state index contributed by atoms with van der Waals surface area (Å²) in [5.41, 5.74) is 1.20. The van der Waals surface area contributed by atoms with Crippen LogP contribution in [0.3, 0.4) is 0 Å². The molecule has 0 bridgehead atoms. The number of rotatable bonds is 5. The Balaban J connectivity index is 1.63. The minimum Gasteiger partial charge on any atom is -0.492 e. The first-order chi connectivity index (χ1) is 8.75. The van der Waals surface area contributed by atoms with Gasteiger partial charge in [-0.2, -0.15) is 0 Å². The summed E-state index contributed by atoms with van der Waals surface area (Å²) in [6.07, 6.45) is 1.53. The van der Waals surface area contributed by atoms with Crippen LogP contribution in [0.5, 0.6) is 5.75 Å². The zero-order valence-corrected chi connectivity index (χ0v) is 10.6. The smallest absolute Gasteiger partial charge is 0.249 e. The van der Waals surface area contributed by atoms with Crippen molar-refractivity contribution in [1.82, 2.24) is 5.32 Å². The molecule has 1 heterocycles. The van der Waals surface area contributed by atoms with Crippen molar-refractivity contribution in [3.05, 3.63) is 29.8 Å². The van der Waals surface area contributed by atoms with Crippen LogP contribution in [0.25, 0.3) is 0 Å². The first kappa shape index (κ1) is 12.9. The molecule has 18 heavy (non-hydrogen) atoms. The van der Waals surface area contributed by atoms with Gasteiger partial charge < -0.3 is 14.8 Å². The number of ether oxygens (including phenoxy) is 2. The van der Waals surface area contributed by atoms with Crippen molar-refractivity contribution in [2.45, 2.75) is 25.9 Å². The summed E-state index contributed by atoms with van der Waals surface area (Å²) in [6.45, 7) is 3.71. The second-order valence-electron chi connectivity index (χ2n) is 4.45. The third-order valence-electron chi connectivity index (χ3n) is 2.91. The maximum Gasteiger partial charge on any atom is 0.249 e. The lowest BCUT2D eigenvalue weighted by Gasteiger charge is -2.11. The van der Waals surface area contributed by atoms with E-state index < -0.39 is 0 Å².